The number of aryl methyl sites for hydroxylation is 1. The zero-order valence-electron chi connectivity index (χ0n) is 12.2. The number of carbonyl (C=O) groups is 1. The van der Waals surface area contributed by atoms with Crippen molar-refractivity contribution in [1.82, 2.24) is 0 Å². The molecule has 0 atom stereocenters. The molecule has 2 rings (SSSR count). The first-order chi connectivity index (χ1) is 10.2. The summed E-state index contributed by atoms with van der Waals surface area (Å²) in [6.07, 6.45) is 7.09. The minimum absolute atomic E-state index is 0.0450. The molecule has 0 amide bonds. The van der Waals surface area contributed by atoms with Gasteiger partial charge >= 0.3 is 0 Å². The number of allylic oxidation sites excluding steroid dienone is 1. The van der Waals surface area contributed by atoms with Gasteiger partial charge in [0, 0.05) is 9.13 Å². The predicted molar refractivity (Wildman–Crippen MR) is 97.6 cm³/mol. The fraction of sp³-hybridized carbons (Fsp3) is 0.211. The Morgan fingerprint density at radius 2 is 1.90 bits per heavy atom. The van der Waals surface area contributed by atoms with Gasteiger partial charge in [-0.2, -0.15) is 0 Å². The summed E-state index contributed by atoms with van der Waals surface area (Å²) in [5.74, 6) is 0.0450. The number of hydrogen-bond donors (Lipinski definition) is 0. The van der Waals surface area contributed by atoms with Gasteiger partial charge in [0.2, 0.25) is 0 Å². The summed E-state index contributed by atoms with van der Waals surface area (Å²) in [5.41, 5.74) is 3.16. The Labute approximate surface area is 140 Å². The third kappa shape index (κ3) is 5.12. The van der Waals surface area contributed by atoms with E-state index < -0.39 is 0 Å². The van der Waals surface area contributed by atoms with Crippen molar-refractivity contribution in [3.05, 3.63) is 74.9 Å². The molecule has 0 bridgehead atoms. The highest BCUT2D eigenvalue weighted by Crippen LogP contribution is 2.12. The standard InChI is InChI=1S/C19H19IO/c1-2-3-5-15-8-10-16(11-9-15)12-13-19(21)17-6-4-7-18(20)14-17/h4,6-14H,2-3,5H2,1H3. The average Bonchev–Trinajstić information content (AvgIpc) is 2.51. The van der Waals surface area contributed by atoms with Crippen LogP contribution >= 0.6 is 22.6 Å². The first-order valence-corrected chi connectivity index (χ1v) is 8.34. The Hall–Kier alpha value is -1.42. The highest BCUT2D eigenvalue weighted by atomic mass is 127. The molecule has 0 fully saturated rings. The van der Waals surface area contributed by atoms with Crippen molar-refractivity contribution in [1.29, 1.82) is 0 Å². The molecule has 0 aromatic heterocycles. The second-order valence-electron chi connectivity index (χ2n) is 5.05. The van der Waals surface area contributed by atoms with E-state index >= 15 is 0 Å². The normalized spacial score (nSPS) is 11.0. The second kappa shape index (κ2) is 8.13. The van der Waals surface area contributed by atoms with Crippen LogP contribution < -0.4 is 0 Å². The van der Waals surface area contributed by atoms with Crippen molar-refractivity contribution in [2.45, 2.75) is 26.2 Å². The molecule has 0 aliphatic heterocycles. The summed E-state index contributed by atoms with van der Waals surface area (Å²) >= 11 is 2.22. The van der Waals surface area contributed by atoms with Crippen LogP contribution in [0.4, 0.5) is 0 Å². The van der Waals surface area contributed by atoms with Gasteiger partial charge in [0.1, 0.15) is 0 Å². The van der Waals surface area contributed by atoms with Crippen LogP contribution in [-0.4, -0.2) is 5.78 Å². The number of rotatable bonds is 6. The molecular weight excluding hydrogens is 371 g/mol. The molecule has 0 radical (unpaired) electrons. The van der Waals surface area contributed by atoms with Crippen molar-refractivity contribution in [2.24, 2.45) is 0 Å². The summed E-state index contributed by atoms with van der Waals surface area (Å²) in [7, 11) is 0. The quantitative estimate of drug-likeness (QED) is 0.360. The van der Waals surface area contributed by atoms with Gasteiger partial charge in [-0.25, -0.2) is 0 Å². The molecule has 0 aliphatic rings. The van der Waals surface area contributed by atoms with E-state index in [9.17, 15) is 4.79 Å². The lowest BCUT2D eigenvalue weighted by Crippen LogP contribution is -1.94. The number of benzene rings is 2. The molecule has 0 saturated heterocycles. The van der Waals surface area contributed by atoms with Crippen LogP contribution in [0.25, 0.3) is 6.08 Å². The lowest BCUT2D eigenvalue weighted by Gasteiger charge is -2.00. The van der Waals surface area contributed by atoms with Crippen molar-refractivity contribution in [2.75, 3.05) is 0 Å². The maximum absolute atomic E-state index is 12.1. The fourth-order valence-electron chi connectivity index (χ4n) is 2.09. The highest BCUT2D eigenvalue weighted by Gasteiger charge is 2.01. The zero-order valence-corrected chi connectivity index (χ0v) is 14.3. The van der Waals surface area contributed by atoms with Gasteiger partial charge in [-0.1, -0.05) is 55.8 Å². The molecule has 21 heavy (non-hydrogen) atoms. The number of ketones is 1. The SMILES string of the molecule is CCCCc1ccc(C=CC(=O)c2cccc(I)c2)cc1. The summed E-state index contributed by atoms with van der Waals surface area (Å²) in [6.45, 7) is 2.20. The van der Waals surface area contributed by atoms with Crippen LogP contribution in [0.2, 0.25) is 0 Å². The molecular formula is C19H19IO. The Morgan fingerprint density at radius 1 is 1.14 bits per heavy atom. The lowest BCUT2D eigenvalue weighted by molar-refractivity contribution is 0.104. The van der Waals surface area contributed by atoms with E-state index in [0.717, 1.165) is 21.1 Å². The molecule has 2 aromatic rings. The monoisotopic (exact) mass is 390 g/mol. The maximum atomic E-state index is 12.1. The van der Waals surface area contributed by atoms with E-state index in [-0.39, 0.29) is 5.78 Å². The Bertz CT molecular complexity index is 626. The van der Waals surface area contributed by atoms with Crippen LogP contribution in [-0.2, 0) is 6.42 Å². The summed E-state index contributed by atoms with van der Waals surface area (Å²) < 4.78 is 1.08. The van der Waals surface area contributed by atoms with E-state index in [2.05, 4.69) is 53.8 Å². The van der Waals surface area contributed by atoms with Gasteiger partial charge in [0.25, 0.3) is 0 Å². The zero-order chi connectivity index (χ0) is 15.1. The van der Waals surface area contributed by atoms with E-state index in [4.69, 9.17) is 0 Å². The topological polar surface area (TPSA) is 17.1 Å². The van der Waals surface area contributed by atoms with E-state index in [0.29, 0.717) is 0 Å². The van der Waals surface area contributed by atoms with Gasteiger partial charge in [-0.3, -0.25) is 4.79 Å². The summed E-state index contributed by atoms with van der Waals surface area (Å²) in [4.78, 5) is 12.1. The summed E-state index contributed by atoms with van der Waals surface area (Å²) in [5, 5.41) is 0. The molecule has 1 nitrogen and oxygen atoms in total. The molecule has 0 unspecified atom stereocenters. The maximum Gasteiger partial charge on any atom is 0.185 e. The Balaban J connectivity index is 2.02. The third-order valence-corrected chi connectivity index (χ3v) is 4.01. The minimum atomic E-state index is 0.0450. The van der Waals surface area contributed by atoms with Crippen molar-refractivity contribution in [3.63, 3.8) is 0 Å². The Kier molecular flexibility index (Phi) is 6.18. The van der Waals surface area contributed by atoms with Crippen LogP contribution in [0.1, 0.15) is 41.3 Å². The molecule has 0 aliphatic carbocycles. The first kappa shape index (κ1) is 16.0. The van der Waals surface area contributed by atoms with Gasteiger partial charge in [0.05, 0.1) is 0 Å². The molecule has 0 spiro atoms. The van der Waals surface area contributed by atoms with E-state index in [1.54, 1.807) is 6.08 Å². The van der Waals surface area contributed by atoms with Crippen LogP contribution in [0.3, 0.4) is 0 Å². The van der Waals surface area contributed by atoms with Crippen LogP contribution in [0.5, 0.6) is 0 Å². The lowest BCUT2D eigenvalue weighted by atomic mass is 10.1. The van der Waals surface area contributed by atoms with Crippen molar-refractivity contribution >= 4 is 34.5 Å². The molecule has 108 valence electrons. The summed E-state index contributed by atoms with van der Waals surface area (Å²) in [6, 6.07) is 16.1. The minimum Gasteiger partial charge on any atom is -0.289 e. The average molecular weight is 390 g/mol. The van der Waals surface area contributed by atoms with E-state index in [1.165, 1.54) is 18.4 Å². The number of unbranched alkanes of at least 4 members (excludes halogenated alkanes) is 1. The molecule has 2 aromatic carbocycles. The predicted octanol–water partition coefficient (Wildman–Crippen LogP) is 5.53. The number of halogens is 1. The number of hydrogen-bond acceptors (Lipinski definition) is 1. The molecule has 0 N–H and O–H groups in total. The fourth-order valence-corrected chi connectivity index (χ4v) is 2.63. The molecule has 0 saturated carbocycles. The van der Waals surface area contributed by atoms with Gasteiger partial charge < -0.3 is 0 Å². The molecule has 2 heteroatoms. The highest BCUT2D eigenvalue weighted by molar-refractivity contribution is 14.1. The third-order valence-electron chi connectivity index (χ3n) is 3.34. The van der Waals surface area contributed by atoms with Gasteiger partial charge in [-0.05, 0) is 64.8 Å². The number of carbonyl (C=O) groups excluding carboxylic acids is 1. The Morgan fingerprint density at radius 3 is 2.57 bits per heavy atom. The van der Waals surface area contributed by atoms with Crippen molar-refractivity contribution < 1.29 is 4.79 Å². The first-order valence-electron chi connectivity index (χ1n) is 7.26. The molecule has 0 heterocycles. The second-order valence-corrected chi connectivity index (χ2v) is 6.30. The van der Waals surface area contributed by atoms with Gasteiger partial charge in [-0.15, -0.1) is 0 Å². The van der Waals surface area contributed by atoms with Crippen LogP contribution in [0, 0.1) is 3.57 Å². The van der Waals surface area contributed by atoms with Crippen molar-refractivity contribution in [3.8, 4) is 0 Å². The van der Waals surface area contributed by atoms with E-state index in [1.807, 2.05) is 30.3 Å². The van der Waals surface area contributed by atoms with Gasteiger partial charge in [0.15, 0.2) is 5.78 Å². The van der Waals surface area contributed by atoms with Crippen LogP contribution in [0.15, 0.2) is 54.6 Å². The smallest absolute Gasteiger partial charge is 0.185 e. The largest absolute Gasteiger partial charge is 0.289 e.